The number of fused-ring (bicyclic) bond motifs is 1. The van der Waals surface area contributed by atoms with E-state index in [1.165, 1.54) is 12.4 Å². The van der Waals surface area contributed by atoms with Gasteiger partial charge in [-0.2, -0.15) is 13.9 Å². The maximum absolute atomic E-state index is 14.3. The SMILES string of the molecule is CC[C@H](NC(=O)COC(F)F)c1cc(F)cc(Cl)c1COc1cccc2c(-c3ncnn3C)cc(C)nc12. The largest absolute Gasteiger partial charge is 0.487 e. The minimum atomic E-state index is -3.08. The summed E-state index contributed by atoms with van der Waals surface area (Å²) in [4.78, 5) is 21.2. The first-order valence-corrected chi connectivity index (χ1v) is 12.1. The molecule has 38 heavy (non-hydrogen) atoms. The van der Waals surface area contributed by atoms with Crippen LogP contribution in [0.1, 0.15) is 36.2 Å². The second-order valence-electron chi connectivity index (χ2n) is 8.51. The van der Waals surface area contributed by atoms with Gasteiger partial charge in [0.15, 0.2) is 5.82 Å². The fourth-order valence-electron chi connectivity index (χ4n) is 4.20. The molecule has 0 aliphatic carbocycles. The molecule has 8 nitrogen and oxygen atoms in total. The molecule has 0 saturated heterocycles. The first kappa shape index (κ1) is 27.3. The van der Waals surface area contributed by atoms with E-state index in [0.29, 0.717) is 34.6 Å². The van der Waals surface area contributed by atoms with Crippen LogP contribution in [0.2, 0.25) is 5.02 Å². The van der Waals surface area contributed by atoms with Crippen LogP contribution >= 0.6 is 11.6 Å². The highest BCUT2D eigenvalue weighted by atomic mass is 35.5. The first-order valence-electron chi connectivity index (χ1n) is 11.7. The van der Waals surface area contributed by atoms with Gasteiger partial charge in [-0.15, -0.1) is 0 Å². The lowest BCUT2D eigenvalue weighted by atomic mass is 9.98. The number of nitrogens with zero attached hydrogens (tertiary/aromatic N) is 4. The van der Waals surface area contributed by atoms with E-state index in [-0.39, 0.29) is 11.6 Å². The first-order chi connectivity index (χ1) is 18.2. The van der Waals surface area contributed by atoms with Gasteiger partial charge in [0.2, 0.25) is 5.91 Å². The molecule has 0 aliphatic heterocycles. The number of halogens is 4. The molecule has 1 atom stereocenters. The van der Waals surface area contributed by atoms with Gasteiger partial charge in [-0.3, -0.25) is 4.79 Å². The monoisotopic (exact) mass is 547 g/mol. The van der Waals surface area contributed by atoms with Crippen LogP contribution in [-0.4, -0.2) is 38.9 Å². The van der Waals surface area contributed by atoms with Crippen molar-refractivity contribution < 1.29 is 27.4 Å². The van der Waals surface area contributed by atoms with Gasteiger partial charge < -0.3 is 14.8 Å². The predicted molar refractivity (Wildman–Crippen MR) is 135 cm³/mol. The minimum Gasteiger partial charge on any atom is -0.487 e. The minimum absolute atomic E-state index is 0.0671. The standard InChI is InChI=1S/C26H25ClF3N5O3/c1-4-21(34-23(36)12-38-26(29)30)17-9-15(28)10-20(27)19(17)11-37-22-7-5-6-16-18(8-14(2)33-24(16)22)25-31-13-32-35(25)3/h5-10,13,21,26H,4,11-12H2,1-3H3,(H,34,36)/t21-/m0/s1. The maximum Gasteiger partial charge on any atom is 0.345 e. The Kier molecular flexibility index (Phi) is 8.48. The molecule has 200 valence electrons. The van der Waals surface area contributed by atoms with Crippen molar-refractivity contribution in [2.45, 2.75) is 39.5 Å². The topological polar surface area (TPSA) is 91.2 Å². The second kappa shape index (κ2) is 11.8. The summed E-state index contributed by atoms with van der Waals surface area (Å²) in [6.07, 6.45) is 1.81. The number of para-hydroxylation sites is 1. The summed E-state index contributed by atoms with van der Waals surface area (Å²) >= 11 is 6.40. The number of pyridine rings is 1. The number of amides is 1. The number of carbonyl (C=O) groups excluding carboxylic acids is 1. The van der Waals surface area contributed by atoms with Crippen molar-refractivity contribution in [1.29, 1.82) is 0 Å². The molecule has 4 rings (SSSR count). The second-order valence-corrected chi connectivity index (χ2v) is 8.92. The average Bonchev–Trinajstić information content (AvgIpc) is 3.30. The van der Waals surface area contributed by atoms with E-state index in [9.17, 15) is 18.0 Å². The Balaban J connectivity index is 1.67. The van der Waals surface area contributed by atoms with Crippen molar-refractivity contribution in [1.82, 2.24) is 25.1 Å². The lowest BCUT2D eigenvalue weighted by Gasteiger charge is -2.22. The lowest BCUT2D eigenvalue weighted by molar-refractivity contribution is -0.152. The van der Waals surface area contributed by atoms with Gasteiger partial charge in [0.05, 0.1) is 11.1 Å². The van der Waals surface area contributed by atoms with Crippen LogP contribution in [0.3, 0.4) is 0 Å². The summed E-state index contributed by atoms with van der Waals surface area (Å²) in [7, 11) is 1.80. The molecule has 0 radical (unpaired) electrons. The quantitative estimate of drug-likeness (QED) is 0.281. The van der Waals surface area contributed by atoms with Gasteiger partial charge in [-0.25, -0.2) is 19.0 Å². The van der Waals surface area contributed by atoms with E-state index >= 15 is 0 Å². The normalized spacial score (nSPS) is 12.2. The van der Waals surface area contributed by atoms with Crippen LogP contribution in [-0.2, 0) is 23.2 Å². The average molecular weight is 548 g/mol. The van der Waals surface area contributed by atoms with Crippen molar-refractivity contribution in [2.75, 3.05) is 6.61 Å². The number of ether oxygens (including phenoxy) is 2. The number of hydrogen-bond donors (Lipinski definition) is 1. The van der Waals surface area contributed by atoms with Gasteiger partial charge in [0.25, 0.3) is 0 Å². The lowest BCUT2D eigenvalue weighted by Crippen LogP contribution is -2.32. The molecule has 2 aromatic heterocycles. The van der Waals surface area contributed by atoms with Crippen LogP contribution in [0.4, 0.5) is 13.2 Å². The molecular formula is C26H25ClF3N5O3. The van der Waals surface area contributed by atoms with Crippen LogP contribution in [0.5, 0.6) is 5.75 Å². The zero-order chi connectivity index (χ0) is 27.4. The van der Waals surface area contributed by atoms with Crippen LogP contribution in [0, 0.1) is 12.7 Å². The highest BCUT2D eigenvalue weighted by Gasteiger charge is 2.22. The van der Waals surface area contributed by atoms with E-state index in [4.69, 9.17) is 16.3 Å². The van der Waals surface area contributed by atoms with E-state index in [2.05, 4.69) is 25.1 Å². The summed E-state index contributed by atoms with van der Waals surface area (Å²) in [6, 6.07) is 9.06. The van der Waals surface area contributed by atoms with Crippen LogP contribution in [0.25, 0.3) is 22.3 Å². The molecule has 4 aromatic rings. The number of rotatable bonds is 10. The van der Waals surface area contributed by atoms with Crippen molar-refractivity contribution >= 4 is 28.4 Å². The van der Waals surface area contributed by atoms with Crippen molar-refractivity contribution in [3.05, 3.63) is 70.4 Å². The Bertz CT molecular complexity index is 1460. The molecule has 0 unspecified atom stereocenters. The van der Waals surface area contributed by atoms with Gasteiger partial charge in [0.1, 0.15) is 36.6 Å². The third kappa shape index (κ3) is 6.05. The summed E-state index contributed by atoms with van der Waals surface area (Å²) in [5.41, 5.74) is 2.97. The molecule has 2 heterocycles. The summed E-state index contributed by atoms with van der Waals surface area (Å²) in [5, 5.41) is 7.64. The molecule has 0 spiro atoms. The molecule has 1 N–H and O–H groups in total. The van der Waals surface area contributed by atoms with Crippen molar-refractivity contribution in [3.63, 3.8) is 0 Å². The summed E-state index contributed by atoms with van der Waals surface area (Å²) in [5.74, 6) is -0.252. The van der Waals surface area contributed by atoms with E-state index in [1.54, 1.807) is 24.7 Å². The smallest absolute Gasteiger partial charge is 0.345 e. The number of hydrogen-bond acceptors (Lipinski definition) is 6. The van der Waals surface area contributed by atoms with Gasteiger partial charge in [0, 0.05) is 29.3 Å². The number of aryl methyl sites for hydroxylation is 2. The van der Waals surface area contributed by atoms with Crippen LogP contribution < -0.4 is 10.1 Å². The number of benzene rings is 2. The zero-order valence-corrected chi connectivity index (χ0v) is 21.6. The van der Waals surface area contributed by atoms with Crippen molar-refractivity contribution in [2.24, 2.45) is 7.05 Å². The molecule has 2 aromatic carbocycles. The molecular weight excluding hydrogens is 523 g/mol. The number of alkyl halides is 2. The van der Waals surface area contributed by atoms with E-state index in [1.807, 2.05) is 25.1 Å². The molecule has 0 aliphatic rings. The predicted octanol–water partition coefficient (Wildman–Crippen LogP) is 5.52. The molecule has 12 heteroatoms. The third-order valence-electron chi connectivity index (χ3n) is 5.91. The molecule has 0 bridgehead atoms. The fourth-order valence-corrected chi connectivity index (χ4v) is 4.47. The summed E-state index contributed by atoms with van der Waals surface area (Å²) in [6.45, 7) is -0.369. The highest BCUT2D eigenvalue weighted by molar-refractivity contribution is 6.31. The molecule has 0 saturated carbocycles. The van der Waals surface area contributed by atoms with E-state index < -0.39 is 31.0 Å². The Morgan fingerprint density at radius 3 is 2.71 bits per heavy atom. The van der Waals surface area contributed by atoms with Crippen LogP contribution in [0.15, 0.2) is 42.7 Å². The van der Waals surface area contributed by atoms with Gasteiger partial charge in [-0.05, 0) is 43.2 Å². The third-order valence-corrected chi connectivity index (χ3v) is 6.25. The number of aromatic nitrogens is 4. The Morgan fingerprint density at radius 2 is 2.03 bits per heavy atom. The number of carbonyl (C=O) groups is 1. The van der Waals surface area contributed by atoms with E-state index in [0.717, 1.165) is 22.7 Å². The van der Waals surface area contributed by atoms with Crippen molar-refractivity contribution in [3.8, 4) is 17.1 Å². The highest BCUT2D eigenvalue weighted by Crippen LogP contribution is 2.34. The Hall–Kier alpha value is -3.70. The molecule has 0 fully saturated rings. The Labute approximate surface area is 221 Å². The fraction of sp³-hybridized carbons (Fsp3) is 0.308. The maximum atomic E-state index is 14.3. The molecule has 1 amide bonds. The zero-order valence-electron chi connectivity index (χ0n) is 20.8. The summed E-state index contributed by atoms with van der Waals surface area (Å²) < 4.78 is 50.9. The van der Waals surface area contributed by atoms with Gasteiger partial charge in [-0.1, -0.05) is 30.7 Å². The van der Waals surface area contributed by atoms with Gasteiger partial charge >= 0.3 is 6.61 Å². The number of nitrogens with one attached hydrogen (secondary N) is 1. The Morgan fingerprint density at radius 1 is 1.24 bits per heavy atom.